The summed E-state index contributed by atoms with van der Waals surface area (Å²) >= 11 is 0. The van der Waals surface area contributed by atoms with Crippen molar-refractivity contribution in [1.29, 1.82) is 0 Å². The third-order valence-electron chi connectivity index (χ3n) is 1.62. The van der Waals surface area contributed by atoms with E-state index in [4.69, 9.17) is 5.11 Å². The molecule has 0 aliphatic carbocycles. The summed E-state index contributed by atoms with van der Waals surface area (Å²) in [5, 5.41) is 10.3. The van der Waals surface area contributed by atoms with Crippen LogP contribution in [0, 0.1) is 5.41 Å². The zero-order chi connectivity index (χ0) is 12.8. The van der Waals surface area contributed by atoms with Gasteiger partial charge in [-0.3, -0.25) is 20.4 Å². The third kappa shape index (κ3) is 6.63. The lowest BCUT2D eigenvalue weighted by atomic mass is 9.96. The Balaban J connectivity index is 3.74. The van der Waals surface area contributed by atoms with E-state index in [1.807, 2.05) is 5.32 Å². The predicted molar refractivity (Wildman–Crippen MR) is 56.4 cm³/mol. The highest BCUT2D eigenvalue weighted by molar-refractivity contribution is 5.85. The lowest BCUT2D eigenvalue weighted by Crippen LogP contribution is -2.47. The summed E-state index contributed by atoms with van der Waals surface area (Å²) in [4.78, 5) is 32.5. The van der Waals surface area contributed by atoms with Crippen molar-refractivity contribution in [3.63, 3.8) is 0 Å². The lowest BCUT2D eigenvalue weighted by molar-refractivity contribution is -0.133. The van der Waals surface area contributed by atoms with Crippen LogP contribution >= 0.6 is 0 Å². The molecule has 0 rings (SSSR count). The van der Waals surface area contributed by atoms with Gasteiger partial charge >= 0.3 is 6.09 Å². The molecule has 4 N–H and O–H groups in total. The number of nitrogens with one attached hydrogen (secondary N) is 3. The molecule has 0 aromatic heterocycles. The van der Waals surface area contributed by atoms with Crippen LogP contribution in [0.3, 0.4) is 0 Å². The topological polar surface area (TPSA) is 108 Å². The molecule has 7 nitrogen and oxygen atoms in total. The standard InChI is InChI=1S/C9H17N3O4/c1-9(2,3)7(14)12-11-6(13)4-5-10-8(15)16/h10H,4-5H2,1-3H3,(H,11,13)(H,12,14)(H,15,16). The van der Waals surface area contributed by atoms with Gasteiger partial charge in [-0.2, -0.15) is 0 Å². The van der Waals surface area contributed by atoms with E-state index in [-0.39, 0.29) is 18.9 Å². The van der Waals surface area contributed by atoms with Gasteiger partial charge in [0.2, 0.25) is 11.8 Å². The van der Waals surface area contributed by atoms with Crippen LogP contribution in [0.25, 0.3) is 0 Å². The van der Waals surface area contributed by atoms with Gasteiger partial charge in [0, 0.05) is 18.4 Å². The fraction of sp³-hybridized carbons (Fsp3) is 0.667. The predicted octanol–water partition coefficient (Wildman–Crippen LogP) is -0.162. The largest absolute Gasteiger partial charge is 0.465 e. The number of carboxylic acid groups (broad SMARTS) is 1. The maximum atomic E-state index is 11.3. The summed E-state index contributed by atoms with van der Waals surface area (Å²) in [6.07, 6.45) is -1.22. The number of hydrazine groups is 1. The van der Waals surface area contributed by atoms with Crippen molar-refractivity contribution in [2.45, 2.75) is 27.2 Å². The normalized spacial score (nSPS) is 10.4. The number of rotatable bonds is 3. The Labute approximate surface area is 93.6 Å². The Morgan fingerprint density at radius 2 is 1.69 bits per heavy atom. The van der Waals surface area contributed by atoms with Crippen molar-refractivity contribution in [1.82, 2.24) is 16.2 Å². The van der Waals surface area contributed by atoms with E-state index in [0.717, 1.165) is 0 Å². The maximum absolute atomic E-state index is 11.3. The molecule has 92 valence electrons. The minimum absolute atomic E-state index is 0.00650. The van der Waals surface area contributed by atoms with Gasteiger partial charge in [-0.05, 0) is 0 Å². The zero-order valence-electron chi connectivity index (χ0n) is 9.59. The van der Waals surface area contributed by atoms with Gasteiger partial charge in [0.1, 0.15) is 0 Å². The van der Waals surface area contributed by atoms with E-state index < -0.39 is 17.4 Å². The molecule has 0 aliphatic heterocycles. The average Bonchev–Trinajstić information content (AvgIpc) is 2.11. The zero-order valence-corrected chi connectivity index (χ0v) is 9.59. The van der Waals surface area contributed by atoms with Crippen molar-refractivity contribution < 1.29 is 19.5 Å². The molecular weight excluding hydrogens is 214 g/mol. The summed E-state index contributed by atoms with van der Waals surface area (Å²) < 4.78 is 0. The monoisotopic (exact) mass is 231 g/mol. The Kier molecular flexibility index (Phi) is 5.27. The summed E-state index contributed by atoms with van der Waals surface area (Å²) in [6, 6.07) is 0. The van der Waals surface area contributed by atoms with Gasteiger partial charge in [0.15, 0.2) is 0 Å². The Morgan fingerprint density at radius 3 is 2.12 bits per heavy atom. The van der Waals surface area contributed by atoms with Gasteiger partial charge in [-0.15, -0.1) is 0 Å². The van der Waals surface area contributed by atoms with E-state index >= 15 is 0 Å². The van der Waals surface area contributed by atoms with Crippen LogP contribution in [0.4, 0.5) is 4.79 Å². The molecule has 0 bridgehead atoms. The fourth-order valence-electron chi connectivity index (χ4n) is 0.659. The van der Waals surface area contributed by atoms with Gasteiger partial charge in [-0.1, -0.05) is 20.8 Å². The second-order valence-corrected chi connectivity index (χ2v) is 4.23. The molecule has 0 radical (unpaired) electrons. The fourth-order valence-corrected chi connectivity index (χ4v) is 0.659. The molecule has 0 saturated heterocycles. The van der Waals surface area contributed by atoms with Gasteiger partial charge in [-0.25, -0.2) is 4.79 Å². The summed E-state index contributed by atoms with van der Waals surface area (Å²) in [5.41, 5.74) is 3.85. The van der Waals surface area contributed by atoms with Crippen LogP contribution < -0.4 is 16.2 Å². The molecule has 0 aromatic rings. The quantitative estimate of drug-likeness (QED) is 0.506. The minimum Gasteiger partial charge on any atom is -0.465 e. The first-order chi connectivity index (χ1) is 7.23. The second-order valence-electron chi connectivity index (χ2n) is 4.23. The molecule has 0 aliphatic rings. The van der Waals surface area contributed by atoms with Crippen LogP contribution in [0.2, 0.25) is 0 Å². The van der Waals surface area contributed by atoms with Crippen LogP contribution in [0.15, 0.2) is 0 Å². The number of hydrogen-bond acceptors (Lipinski definition) is 3. The van der Waals surface area contributed by atoms with Gasteiger partial charge < -0.3 is 10.4 Å². The molecule has 0 fully saturated rings. The lowest BCUT2D eigenvalue weighted by Gasteiger charge is -2.17. The molecule has 0 heterocycles. The summed E-state index contributed by atoms with van der Waals surface area (Å²) in [5.74, 6) is -0.765. The highest BCUT2D eigenvalue weighted by Gasteiger charge is 2.21. The minimum atomic E-state index is -1.19. The molecule has 0 unspecified atom stereocenters. The number of carbonyl (C=O) groups is 3. The van der Waals surface area contributed by atoms with Crippen molar-refractivity contribution >= 4 is 17.9 Å². The van der Waals surface area contributed by atoms with Gasteiger partial charge in [0.05, 0.1) is 0 Å². The molecule has 0 spiro atoms. The van der Waals surface area contributed by atoms with Crippen LogP contribution in [-0.4, -0.2) is 29.6 Å². The van der Waals surface area contributed by atoms with E-state index in [0.29, 0.717) is 0 Å². The Hall–Kier alpha value is -1.79. The van der Waals surface area contributed by atoms with Crippen molar-refractivity contribution in [2.75, 3.05) is 6.54 Å². The first-order valence-corrected chi connectivity index (χ1v) is 4.79. The highest BCUT2D eigenvalue weighted by Crippen LogP contribution is 2.11. The Morgan fingerprint density at radius 1 is 1.12 bits per heavy atom. The number of carbonyl (C=O) groups excluding carboxylic acids is 2. The molecular formula is C9H17N3O4. The van der Waals surface area contributed by atoms with Crippen LogP contribution in [0.5, 0.6) is 0 Å². The van der Waals surface area contributed by atoms with E-state index in [1.165, 1.54) is 0 Å². The molecule has 3 amide bonds. The van der Waals surface area contributed by atoms with Crippen molar-refractivity contribution in [3.05, 3.63) is 0 Å². The Bertz CT molecular complexity index is 283. The first kappa shape index (κ1) is 14.2. The van der Waals surface area contributed by atoms with E-state index in [1.54, 1.807) is 20.8 Å². The third-order valence-corrected chi connectivity index (χ3v) is 1.62. The molecule has 0 aromatic carbocycles. The van der Waals surface area contributed by atoms with Crippen LogP contribution in [-0.2, 0) is 9.59 Å². The van der Waals surface area contributed by atoms with E-state index in [2.05, 4.69) is 10.9 Å². The maximum Gasteiger partial charge on any atom is 0.404 e. The van der Waals surface area contributed by atoms with Crippen molar-refractivity contribution in [3.8, 4) is 0 Å². The van der Waals surface area contributed by atoms with Crippen LogP contribution in [0.1, 0.15) is 27.2 Å². The second kappa shape index (κ2) is 5.94. The summed E-state index contributed by atoms with van der Waals surface area (Å²) in [6.45, 7) is 5.13. The molecule has 0 saturated carbocycles. The van der Waals surface area contributed by atoms with Gasteiger partial charge in [0.25, 0.3) is 0 Å². The smallest absolute Gasteiger partial charge is 0.404 e. The average molecular weight is 231 g/mol. The van der Waals surface area contributed by atoms with Crippen molar-refractivity contribution in [2.24, 2.45) is 5.41 Å². The number of hydrogen-bond donors (Lipinski definition) is 4. The first-order valence-electron chi connectivity index (χ1n) is 4.79. The molecule has 16 heavy (non-hydrogen) atoms. The SMILES string of the molecule is CC(C)(C)C(=O)NNC(=O)CCNC(=O)O. The number of amides is 3. The molecule has 7 heteroatoms. The summed E-state index contributed by atoms with van der Waals surface area (Å²) in [7, 11) is 0. The van der Waals surface area contributed by atoms with E-state index in [9.17, 15) is 14.4 Å². The highest BCUT2D eigenvalue weighted by atomic mass is 16.4. The molecule has 0 atom stereocenters.